The number of hydrogen-bond acceptors (Lipinski definition) is 4. The lowest BCUT2D eigenvalue weighted by molar-refractivity contribution is 0.0702. The van der Waals surface area contributed by atoms with Gasteiger partial charge in [-0.3, -0.25) is 0 Å². The minimum Gasteiger partial charge on any atom is -0.494 e. The van der Waals surface area contributed by atoms with Crippen LogP contribution in [-0.2, 0) is 6.54 Å². The number of rotatable bonds is 4. The summed E-state index contributed by atoms with van der Waals surface area (Å²) in [5.41, 5.74) is 4.67. The van der Waals surface area contributed by atoms with Gasteiger partial charge in [-0.1, -0.05) is 19.3 Å². The number of carbonyl (C=O) groups is 1. The molecule has 3 heterocycles. The van der Waals surface area contributed by atoms with Crippen LogP contribution >= 0.6 is 11.3 Å². The zero-order chi connectivity index (χ0) is 20.0. The van der Waals surface area contributed by atoms with E-state index < -0.39 is 5.97 Å². The van der Waals surface area contributed by atoms with Crippen molar-refractivity contribution in [2.24, 2.45) is 0 Å². The summed E-state index contributed by atoms with van der Waals surface area (Å²) >= 11 is 1.43. The van der Waals surface area contributed by atoms with Crippen LogP contribution in [0.15, 0.2) is 24.3 Å². The molecule has 1 N–H and O–H groups in total. The number of hydrogen-bond donors (Lipinski definition) is 1. The molecular weight excluding hydrogens is 386 g/mol. The first-order valence-electron chi connectivity index (χ1n) is 10.5. The van der Waals surface area contributed by atoms with Gasteiger partial charge >= 0.3 is 5.97 Å². The molecule has 0 amide bonds. The first kappa shape index (κ1) is 18.6. The van der Waals surface area contributed by atoms with Crippen LogP contribution in [-0.4, -0.2) is 28.9 Å². The minimum absolute atomic E-state index is 0.416. The first-order chi connectivity index (χ1) is 14.2. The normalized spacial score (nSPS) is 16.7. The van der Waals surface area contributed by atoms with Gasteiger partial charge in [-0.05, 0) is 49.4 Å². The molecule has 5 nitrogen and oxygen atoms in total. The lowest BCUT2D eigenvalue weighted by Crippen LogP contribution is -2.08. The van der Waals surface area contributed by atoms with E-state index >= 15 is 0 Å². The smallest absolute Gasteiger partial charge is 0.345 e. The van der Waals surface area contributed by atoms with E-state index in [0.717, 1.165) is 27.3 Å². The third kappa shape index (κ3) is 3.10. The van der Waals surface area contributed by atoms with Crippen LogP contribution in [0.5, 0.6) is 11.5 Å². The van der Waals surface area contributed by atoms with Crippen molar-refractivity contribution in [2.75, 3.05) is 13.2 Å². The standard InChI is InChI=1S/C23H25NO4S/c1-2-27-15-8-9-16-18(12-15)28-11-10-24-17-13-19(23(25)26)29-22(17)20(21(16)24)14-6-4-3-5-7-14/h8-9,12-14H,2-7,10-11H2,1H3,(H,25,26). The molecule has 1 aliphatic heterocycles. The zero-order valence-corrected chi connectivity index (χ0v) is 17.4. The molecule has 152 valence electrons. The number of aromatic carboxylic acids is 1. The van der Waals surface area contributed by atoms with Crippen molar-refractivity contribution in [3.8, 4) is 22.8 Å². The second-order valence-corrected chi connectivity index (χ2v) is 8.87. The molecule has 0 saturated heterocycles. The molecule has 3 aromatic rings. The van der Waals surface area contributed by atoms with Crippen molar-refractivity contribution in [1.82, 2.24) is 4.57 Å². The Hall–Kier alpha value is -2.47. The highest BCUT2D eigenvalue weighted by molar-refractivity contribution is 7.21. The summed E-state index contributed by atoms with van der Waals surface area (Å²) in [6.07, 6.45) is 6.10. The second-order valence-electron chi connectivity index (χ2n) is 7.82. The Morgan fingerprint density at radius 2 is 2.10 bits per heavy atom. The predicted octanol–water partition coefficient (Wildman–Crippen LogP) is 5.91. The number of carboxylic acids is 1. The largest absolute Gasteiger partial charge is 0.494 e. The van der Waals surface area contributed by atoms with E-state index in [0.29, 0.717) is 30.6 Å². The number of ether oxygens (including phenoxy) is 2. The summed E-state index contributed by atoms with van der Waals surface area (Å²) in [6, 6.07) is 7.95. The summed E-state index contributed by atoms with van der Waals surface area (Å²) in [6.45, 7) is 3.87. The molecule has 1 aliphatic carbocycles. The number of carboxylic acid groups (broad SMARTS) is 1. The molecule has 0 unspecified atom stereocenters. The molecule has 29 heavy (non-hydrogen) atoms. The highest BCUT2D eigenvalue weighted by atomic mass is 32.1. The fourth-order valence-corrected chi connectivity index (χ4v) is 5.99. The quantitative estimate of drug-likeness (QED) is 0.580. The monoisotopic (exact) mass is 411 g/mol. The molecule has 1 fully saturated rings. The first-order valence-corrected chi connectivity index (χ1v) is 11.3. The van der Waals surface area contributed by atoms with E-state index in [2.05, 4.69) is 10.6 Å². The Labute approximate surface area is 173 Å². The predicted molar refractivity (Wildman–Crippen MR) is 115 cm³/mol. The molecule has 5 rings (SSSR count). The Morgan fingerprint density at radius 3 is 2.86 bits per heavy atom. The number of fused-ring (bicyclic) bond motifs is 5. The van der Waals surface area contributed by atoms with Crippen molar-refractivity contribution in [3.63, 3.8) is 0 Å². The summed E-state index contributed by atoms with van der Waals surface area (Å²) in [7, 11) is 0. The summed E-state index contributed by atoms with van der Waals surface area (Å²) in [5, 5.41) is 9.57. The summed E-state index contributed by atoms with van der Waals surface area (Å²) in [4.78, 5) is 12.1. The Balaban J connectivity index is 1.76. The number of benzene rings is 1. The molecule has 0 radical (unpaired) electrons. The van der Waals surface area contributed by atoms with Crippen molar-refractivity contribution >= 4 is 27.5 Å². The Morgan fingerprint density at radius 1 is 1.28 bits per heavy atom. The third-order valence-corrected chi connectivity index (χ3v) is 7.23. The van der Waals surface area contributed by atoms with Gasteiger partial charge < -0.3 is 19.1 Å². The van der Waals surface area contributed by atoms with Gasteiger partial charge in [-0.2, -0.15) is 0 Å². The number of aromatic nitrogens is 1. The van der Waals surface area contributed by atoms with E-state index in [4.69, 9.17) is 9.47 Å². The lowest BCUT2D eigenvalue weighted by atomic mass is 9.83. The van der Waals surface area contributed by atoms with Crippen LogP contribution < -0.4 is 9.47 Å². The van der Waals surface area contributed by atoms with Crippen molar-refractivity contribution in [3.05, 3.63) is 34.7 Å². The molecule has 2 aromatic heterocycles. The molecular formula is C23H25NO4S. The Bertz CT molecular complexity index is 1070. The van der Waals surface area contributed by atoms with Gasteiger partial charge in [0.05, 0.1) is 29.1 Å². The highest BCUT2D eigenvalue weighted by Gasteiger charge is 2.31. The molecule has 1 aromatic carbocycles. The van der Waals surface area contributed by atoms with E-state index in [1.54, 1.807) is 0 Å². The van der Waals surface area contributed by atoms with Crippen molar-refractivity contribution in [2.45, 2.75) is 51.5 Å². The summed E-state index contributed by atoms with van der Waals surface area (Å²) < 4.78 is 15.2. The SMILES string of the molecule is CCOc1ccc2c(c1)OCCn1c-2c(C2CCCCC2)c2sc(C(=O)O)cc21. The third-order valence-electron chi connectivity index (χ3n) is 6.09. The van der Waals surface area contributed by atoms with E-state index in [1.165, 1.54) is 54.7 Å². The maximum Gasteiger partial charge on any atom is 0.345 e. The Kier molecular flexibility index (Phi) is 4.74. The topological polar surface area (TPSA) is 60.7 Å². The van der Waals surface area contributed by atoms with Gasteiger partial charge in [0, 0.05) is 11.6 Å². The second kappa shape index (κ2) is 7.41. The van der Waals surface area contributed by atoms with Crippen molar-refractivity contribution in [1.29, 1.82) is 0 Å². The van der Waals surface area contributed by atoms with Gasteiger partial charge in [0.25, 0.3) is 0 Å². The molecule has 2 aliphatic rings. The maximum atomic E-state index is 11.7. The minimum atomic E-state index is -0.846. The van der Waals surface area contributed by atoms with Gasteiger partial charge in [-0.15, -0.1) is 11.3 Å². The van der Waals surface area contributed by atoms with Gasteiger partial charge in [0.1, 0.15) is 23.0 Å². The van der Waals surface area contributed by atoms with Crippen LogP contribution in [0.3, 0.4) is 0 Å². The van der Waals surface area contributed by atoms with E-state index in [-0.39, 0.29) is 0 Å². The zero-order valence-electron chi connectivity index (χ0n) is 16.6. The highest BCUT2D eigenvalue weighted by Crippen LogP contribution is 2.49. The van der Waals surface area contributed by atoms with Crippen LogP contribution in [0.4, 0.5) is 0 Å². The molecule has 0 bridgehead atoms. The van der Waals surface area contributed by atoms with E-state index in [1.807, 2.05) is 25.1 Å². The number of thiophene rings is 1. The van der Waals surface area contributed by atoms with Crippen LogP contribution in [0.25, 0.3) is 21.5 Å². The fraction of sp³-hybridized carbons (Fsp3) is 0.435. The molecule has 1 saturated carbocycles. The maximum absolute atomic E-state index is 11.7. The molecule has 0 atom stereocenters. The van der Waals surface area contributed by atoms with Crippen LogP contribution in [0.1, 0.15) is 60.2 Å². The lowest BCUT2D eigenvalue weighted by Gasteiger charge is -2.23. The van der Waals surface area contributed by atoms with Crippen LogP contribution in [0, 0.1) is 0 Å². The average molecular weight is 412 g/mol. The van der Waals surface area contributed by atoms with Gasteiger partial charge in [0.2, 0.25) is 0 Å². The molecule has 6 heteroatoms. The average Bonchev–Trinajstić information content (AvgIpc) is 3.22. The number of nitrogens with zero attached hydrogens (tertiary/aromatic N) is 1. The summed E-state index contributed by atoms with van der Waals surface area (Å²) in [5.74, 6) is 1.30. The van der Waals surface area contributed by atoms with Gasteiger partial charge in [-0.25, -0.2) is 4.79 Å². The van der Waals surface area contributed by atoms with Crippen LogP contribution in [0.2, 0.25) is 0 Å². The molecule has 0 spiro atoms. The van der Waals surface area contributed by atoms with Crippen molar-refractivity contribution < 1.29 is 19.4 Å². The van der Waals surface area contributed by atoms with E-state index in [9.17, 15) is 9.90 Å². The fourth-order valence-electron chi connectivity index (χ4n) is 4.87. The van der Waals surface area contributed by atoms with Gasteiger partial charge in [0.15, 0.2) is 0 Å².